The molecule has 102 valence electrons. The van der Waals surface area contributed by atoms with Crippen molar-refractivity contribution in [2.75, 3.05) is 13.1 Å². The molecule has 3 heterocycles. The zero-order valence-corrected chi connectivity index (χ0v) is 11.6. The first kappa shape index (κ1) is 12.9. The van der Waals surface area contributed by atoms with Crippen LogP contribution >= 0.6 is 11.6 Å². The lowest BCUT2D eigenvalue weighted by molar-refractivity contribution is 0.0711. The van der Waals surface area contributed by atoms with Gasteiger partial charge in [-0.25, -0.2) is 0 Å². The minimum absolute atomic E-state index is 0.0450. The van der Waals surface area contributed by atoms with Gasteiger partial charge in [0, 0.05) is 31.0 Å². The number of hydrogen-bond donors (Lipinski definition) is 1. The van der Waals surface area contributed by atoms with E-state index in [1.165, 1.54) is 19.0 Å². The molecule has 1 N–H and O–H groups in total. The molecule has 1 amide bonds. The standard InChI is InChI=1S/C14H18ClN3O/c15-11-9-16-7-5-10(11)14(19)18-8-2-4-13(18)12-3-1-6-17-12/h5,7,9,12-13,17H,1-4,6,8H2. The Morgan fingerprint density at radius 2 is 2.32 bits per heavy atom. The highest BCUT2D eigenvalue weighted by Crippen LogP contribution is 2.27. The van der Waals surface area contributed by atoms with Crippen molar-refractivity contribution in [2.24, 2.45) is 0 Å². The lowest BCUT2D eigenvalue weighted by Crippen LogP contribution is -2.46. The first-order chi connectivity index (χ1) is 9.27. The second-order valence-electron chi connectivity index (χ2n) is 5.27. The summed E-state index contributed by atoms with van der Waals surface area (Å²) in [5.41, 5.74) is 0.571. The van der Waals surface area contributed by atoms with E-state index in [2.05, 4.69) is 10.3 Å². The van der Waals surface area contributed by atoms with E-state index in [9.17, 15) is 4.79 Å². The number of hydrogen-bond acceptors (Lipinski definition) is 3. The highest BCUT2D eigenvalue weighted by atomic mass is 35.5. The van der Waals surface area contributed by atoms with Crippen LogP contribution in [-0.2, 0) is 0 Å². The van der Waals surface area contributed by atoms with E-state index in [0.717, 1.165) is 25.9 Å². The molecule has 2 aliphatic rings. The maximum absolute atomic E-state index is 12.6. The van der Waals surface area contributed by atoms with E-state index >= 15 is 0 Å². The second-order valence-corrected chi connectivity index (χ2v) is 5.67. The highest BCUT2D eigenvalue weighted by molar-refractivity contribution is 6.33. The van der Waals surface area contributed by atoms with Gasteiger partial charge in [-0.2, -0.15) is 0 Å². The van der Waals surface area contributed by atoms with Gasteiger partial charge in [0.1, 0.15) is 0 Å². The number of aromatic nitrogens is 1. The summed E-state index contributed by atoms with van der Waals surface area (Å²) in [5, 5.41) is 3.95. The van der Waals surface area contributed by atoms with Gasteiger partial charge in [0.25, 0.3) is 5.91 Å². The van der Waals surface area contributed by atoms with E-state index in [1.807, 2.05) is 4.90 Å². The van der Waals surface area contributed by atoms with Gasteiger partial charge in [-0.15, -0.1) is 0 Å². The predicted octanol–water partition coefficient (Wildman–Crippen LogP) is 2.09. The lowest BCUT2D eigenvalue weighted by atomic mass is 10.0. The Morgan fingerprint density at radius 1 is 1.42 bits per heavy atom. The van der Waals surface area contributed by atoms with Crippen LogP contribution in [0.5, 0.6) is 0 Å². The average molecular weight is 280 g/mol. The Labute approximate surface area is 118 Å². The molecule has 0 bridgehead atoms. The van der Waals surface area contributed by atoms with E-state index in [4.69, 9.17) is 11.6 Å². The minimum atomic E-state index is 0.0450. The lowest BCUT2D eigenvalue weighted by Gasteiger charge is -2.29. The number of likely N-dealkylation sites (tertiary alicyclic amines) is 1. The number of halogens is 1. The average Bonchev–Trinajstić information content (AvgIpc) is 3.09. The van der Waals surface area contributed by atoms with Gasteiger partial charge in [0.05, 0.1) is 10.6 Å². The van der Waals surface area contributed by atoms with Crippen molar-refractivity contribution in [3.05, 3.63) is 29.0 Å². The molecule has 1 aromatic heterocycles. The van der Waals surface area contributed by atoms with E-state index in [-0.39, 0.29) is 5.91 Å². The summed E-state index contributed by atoms with van der Waals surface area (Å²) >= 11 is 6.08. The Kier molecular flexibility index (Phi) is 3.71. The molecule has 2 unspecified atom stereocenters. The molecule has 0 spiro atoms. The molecule has 2 aliphatic heterocycles. The van der Waals surface area contributed by atoms with Gasteiger partial charge >= 0.3 is 0 Å². The number of nitrogens with one attached hydrogen (secondary N) is 1. The fourth-order valence-corrected chi connectivity index (χ4v) is 3.41. The second kappa shape index (κ2) is 5.47. The smallest absolute Gasteiger partial charge is 0.255 e. The monoisotopic (exact) mass is 279 g/mol. The zero-order chi connectivity index (χ0) is 13.2. The van der Waals surface area contributed by atoms with Gasteiger partial charge in [-0.1, -0.05) is 11.6 Å². The summed E-state index contributed by atoms with van der Waals surface area (Å²) in [6.45, 7) is 1.90. The molecule has 2 atom stereocenters. The van der Waals surface area contributed by atoms with Gasteiger partial charge in [0.15, 0.2) is 0 Å². The van der Waals surface area contributed by atoms with Gasteiger partial charge in [-0.3, -0.25) is 9.78 Å². The molecule has 3 rings (SSSR count). The third-order valence-electron chi connectivity index (χ3n) is 4.13. The van der Waals surface area contributed by atoms with E-state index < -0.39 is 0 Å². The topological polar surface area (TPSA) is 45.2 Å². The van der Waals surface area contributed by atoms with Crippen LogP contribution in [0.2, 0.25) is 5.02 Å². The Balaban J connectivity index is 1.80. The summed E-state index contributed by atoms with van der Waals surface area (Å²) in [6.07, 6.45) is 7.70. The van der Waals surface area contributed by atoms with Crippen LogP contribution in [0.25, 0.3) is 0 Å². The fraction of sp³-hybridized carbons (Fsp3) is 0.571. The first-order valence-electron chi connectivity index (χ1n) is 6.91. The molecular formula is C14H18ClN3O. The van der Waals surface area contributed by atoms with Crippen LogP contribution in [0.4, 0.5) is 0 Å². The number of pyridine rings is 1. The molecule has 0 saturated carbocycles. The molecule has 5 heteroatoms. The number of rotatable bonds is 2. The fourth-order valence-electron chi connectivity index (χ4n) is 3.21. The van der Waals surface area contributed by atoms with Crippen LogP contribution < -0.4 is 5.32 Å². The number of nitrogens with zero attached hydrogens (tertiary/aromatic N) is 2. The molecule has 2 saturated heterocycles. The normalized spacial score (nSPS) is 26.9. The van der Waals surface area contributed by atoms with Crippen molar-refractivity contribution in [1.82, 2.24) is 15.2 Å². The summed E-state index contributed by atoms with van der Waals surface area (Å²) in [5.74, 6) is 0.0450. The maximum Gasteiger partial charge on any atom is 0.255 e. The van der Waals surface area contributed by atoms with E-state index in [1.54, 1.807) is 12.3 Å². The molecule has 0 aliphatic carbocycles. The molecule has 2 fully saturated rings. The minimum Gasteiger partial charge on any atom is -0.334 e. The predicted molar refractivity (Wildman–Crippen MR) is 74.3 cm³/mol. The SMILES string of the molecule is O=C(c1ccncc1Cl)N1CCCC1C1CCCN1. The van der Waals surface area contributed by atoms with Crippen LogP contribution in [0.15, 0.2) is 18.5 Å². The van der Waals surface area contributed by atoms with Crippen LogP contribution in [0.3, 0.4) is 0 Å². The summed E-state index contributed by atoms with van der Waals surface area (Å²) in [7, 11) is 0. The quantitative estimate of drug-likeness (QED) is 0.902. The van der Waals surface area contributed by atoms with Crippen LogP contribution in [-0.4, -0.2) is 41.0 Å². The van der Waals surface area contributed by atoms with Crippen molar-refractivity contribution < 1.29 is 4.79 Å². The highest BCUT2D eigenvalue weighted by Gasteiger charge is 2.36. The Bertz CT molecular complexity index is 474. The van der Waals surface area contributed by atoms with Crippen molar-refractivity contribution in [2.45, 2.75) is 37.8 Å². The Hall–Kier alpha value is -1.13. The summed E-state index contributed by atoms with van der Waals surface area (Å²) in [6, 6.07) is 2.48. The van der Waals surface area contributed by atoms with Crippen LogP contribution in [0, 0.1) is 0 Å². The van der Waals surface area contributed by atoms with Gasteiger partial charge in [0.2, 0.25) is 0 Å². The molecule has 4 nitrogen and oxygen atoms in total. The number of carbonyl (C=O) groups excluding carboxylic acids is 1. The van der Waals surface area contributed by atoms with E-state index in [0.29, 0.717) is 22.7 Å². The number of carbonyl (C=O) groups is 1. The molecule has 0 radical (unpaired) electrons. The molecular weight excluding hydrogens is 262 g/mol. The van der Waals surface area contributed by atoms with Crippen LogP contribution in [0.1, 0.15) is 36.0 Å². The third-order valence-corrected chi connectivity index (χ3v) is 4.43. The molecule has 1 aromatic rings. The van der Waals surface area contributed by atoms with Crippen molar-refractivity contribution in [1.29, 1.82) is 0 Å². The third kappa shape index (κ3) is 2.47. The first-order valence-corrected chi connectivity index (χ1v) is 7.29. The number of amides is 1. The van der Waals surface area contributed by atoms with Gasteiger partial charge < -0.3 is 10.2 Å². The Morgan fingerprint density at radius 3 is 3.05 bits per heavy atom. The zero-order valence-electron chi connectivity index (χ0n) is 10.8. The summed E-state index contributed by atoms with van der Waals surface area (Å²) < 4.78 is 0. The molecule has 0 aromatic carbocycles. The molecule has 19 heavy (non-hydrogen) atoms. The van der Waals surface area contributed by atoms with Crippen molar-refractivity contribution in [3.8, 4) is 0 Å². The van der Waals surface area contributed by atoms with Crippen molar-refractivity contribution in [3.63, 3.8) is 0 Å². The van der Waals surface area contributed by atoms with Gasteiger partial charge in [-0.05, 0) is 38.3 Å². The largest absolute Gasteiger partial charge is 0.334 e. The van der Waals surface area contributed by atoms with Crippen molar-refractivity contribution >= 4 is 17.5 Å². The maximum atomic E-state index is 12.6. The summed E-state index contributed by atoms with van der Waals surface area (Å²) in [4.78, 5) is 18.5.